The molecule has 0 aliphatic carbocycles. The van der Waals surface area contributed by atoms with E-state index in [4.69, 9.17) is 4.74 Å². The maximum Gasteiger partial charge on any atom is 0.264 e. The molecule has 1 atom stereocenters. The Morgan fingerprint density at radius 1 is 0.894 bits per heavy atom. The third kappa shape index (κ3) is 9.23. The standard InChI is InChI=1S/C37H42BrN3O5S/c1-26(2)23-39-37(43)34(21-29-12-7-6-8-13-29)40(24-30-14-10-9-11-28(30)4)36(42)25-41(31-17-15-27(3)16-18-31)47(44,45)32-19-20-35(46-5)33(38)22-32/h6-20,22,26,34H,21,23-25H2,1-5H3,(H,39,43). The highest BCUT2D eigenvalue weighted by atomic mass is 79.9. The Bertz CT molecular complexity index is 1780. The number of carbonyl (C=O) groups excluding carboxylic acids is 2. The largest absolute Gasteiger partial charge is 0.496 e. The molecule has 4 aromatic rings. The molecule has 47 heavy (non-hydrogen) atoms. The summed E-state index contributed by atoms with van der Waals surface area (Å²) < 4.78 is 35.5. The van der Waals surface area contributed by atoms with E-state index in [1.54, 1.807) is 30.3 Å². The number of nitrogens with one attached hydrogen (secondary N) is 1. The van der Waals surface area contributed by atoms with Gasteiger partial charge in [0.25, 0.3) is 10.0 Å². The minimum absolute atomic E-state index is 0.0143. The van der Waals surface area contributed by atoms with Crippen molar-refractivity contribution in [1.29, 1.82) is 0 Å². The van der Waals surface area contributed by atoms with E-state index in [1.807, 2.05) is 82.3 Å². The number of hydrogen-bond acceptors (Lipinski definition) is 5. The summed E-state index contributed by atoms with van der Waals surface area (Å²) in [5, 5.41) is 3.02. The molecule has 2 amide bonds. The van der Waals surface area contributed by atoms with Crippen LogP contribution in [0, 0.1) is 19.8 Å². The number of halogens is 1. The zero-order chi connectivity index (χ0) is 34.1. The van der Waals surface area contributed by atoms with Crippen molar-refractivity contribution in [3.63, 3.8) is 0 Å². The van der Waals surface area contributed by atoms with Crippen molar-refractivity contribution in [2.75, 3.05) is 24.5 Å². The van der Waals surface area contributed by atoms with Gasteiger partial charge in [-0.15, -0.1) is 0 Å². The van der Waals surface area contributed by atoms with Crippen LogP contribution in [-0.4, -0.2) is 51.4 Å². The van der Waals surface area contributed by atoms with Crippen LogP contribution in [0.5, 0.6) is 5.75 Å². The van der Waals surface area contributed by atoms with Gasteiger partial charge in [0.05, 0.1) is 22.2 Å². The molecule has 0 aliphatic heterocycles. The van der Waals surface area contributed by atoms with Gasteiger partial charge in [-0.3, -0.25) is 13.9 Å². The average Bonchev–Trinajstić information content (AvgIpc) is 3.05. The Labute approximate surface area is 286 Å². The van der Waals surface area contributed by atoms with Gasteiger partial charge in [0.1, 0.15) is 18.3 Å². The zero-order valence-electron chi connectivity index (χ0n) is 27.4. The first kappa shape index (κ1) is 35.7. The lowest BCUT2D eigenvalue weighted by molar-refractivity contribution is -0.140. The molecular formula is C37H42BrN3O5S. The highest BCUT2D eigenvalue weighted by Gasteiger charge is 2.35. The van der Waals surface area contributed by atoms with Crippen molar-refractivity contribution in [2.45, 2.75) is 51.6 Å². The van der Waals surface area contributed by atoms with Gasteiger partial charge < -0.3 is 15.0 Å². The molecule has 0 bridgehead atoms. The number of nitrogens with zero attached hydrogens (tertiary/aromatic N) is 2. The Morgan fingerprint density at radius 2 is 1.55 bits per heavy atom. The van der Waals surface area contributed by atoms with E-state index in [0.717, 1.165) is 26.6 Å². The number of rotatable bonds is 14. The molecule has 0 heterocycles. The Hall–Kier alpha value is -4.15. The van der Waals surface area contributed by atoms with E-state index in [1.165, 1.54) is 24.1 Å². The van der Waals surface area contributed by atoms with E-state index in [9.17, 15) is 18.0 Å². The Kier molecular flexibility index (Phi) is 12.2. The molecule has 0 spiro atoms. The van der Waals surface area contributed by atoms with Gasteiger partial charge in [0.2, 0.25) is 11.8 Å². The van der Waals surface area contributed by atoms with Crippen LogP contribution in [0.3, 0.4) is 0 Å². The van der Waals surface area contributed by atoms with Gasteiger partial charge >= 0.3 is 0 Å². The van der Waals surface area contributed by atoms with Gasteiger partial charge in [-0.05, 0) is 82.7 Å². The van der Waals surface area contributed by atoms with E-state index in [2.05, 4.69) is 21.2 Å². The summed E-state index contributed by atoms with van der Waals surface area (Å²) in [6, 6.07) is 27.7. The van der Waals surface area contributed by atoms with Gasteiger partial charge in [0, 0.05) is 19.5 Å². The second-order valence-electron chi connectivity index (χ2n) is 11.9. The molecule has 4 rings (SSSR count). The number of carbonyl (C=O) groups is 2. The summed E-state index contributed by atoms with van der Waals surface area (Å²) in [5.41, 5.74) is 3.97. The normalized spacial score (nSPS) is 12.0. The predicted octanol–water partition coefficient (Wildman–Crippen LogP) is 6.68. The van der Waals surface area contributed by atoms with Crippen LogP contribution in [0.15, 0.2) is 106 Å². The lowest BCUT2D eigenvalue weighted by Crippen LogP contribution is -2.53. The number of anilines is 1. The average molecular weight is 721 g/mol. The maximum absolute atomic E-state index is 14.6. The summed E-state index contributed by atoms with van der Waals surface area (Å²) >= 11 is 3.40. The van der Waals surface area contributed by atoms with Crippen molar-refractivity contribution in [3.05, 3.63) is 124 Å². The van der Waals surface area contributed by atoms with Crippen LogP contribution in [0.25, 0.3) is 0 Å². The summed E-state index contributed by atoms with van der Waals surface area (Å²) in [5.74, 6) is -0.135. The molecule has 10 heteroatoms. The Balaban J connectivity index is 1.82. The smallest absolute Gasteiger partial charge is 0.264 e. The fourth-order valence-electron chi connectivity index (χ4n) is 5.12. The summed E-state index contributed by atoms with van der Waals surface area (Å²) in [6.45, 7) is 7.90. The Morgan fingerprint density at radius 3 is 2.17 bits per heavy atom. The van der Waals surface area contributed by atoms with Gasteiger partial charge in [-0.2, -0.15) is 0 Å². The molecule has 0 aromatic heterocycles. The second-order valence-corrected chi connectivity index (χ2v) is 14.7. The van der Waals surface area contributed by atoms with Crippen LogP contribution in [0.4, 0.5) is 5.69 Å². The number of aryl methyl sites for hydroxylation is 2. The monoisotopic (exact) mass is 719 g/mol. The van der Waals surface area contributed by atoms with E-state index in [0.29, 0.717) is 22.5 Å². The lowest BCUT2D eigenvalue weighted by Gasteiger charge is -2.34. The molecule has 1 N–H and O–H groups in total. The molecule has 0 aliphatic rings. The van der Waals surface area contributed by atoms with E-state index < -0.39 is 28.5 Å². The van der Waals surface area contributed by atoms with Gasteiger partial charge in [-0.1, -0.05) is 86.1 Å². The van der Waals surface area contributed by atoms with Crippen LogP contribution < -0.4 is 14.4 Å². The molecule has 4 aromatic carbocycles. The van der Waals surface area contributed by atoms with Crippen molar-refractivity contribution in [2.24, 2.45) is 5.92 Å². The van der Waals surface area contributed by atoms with Gasteiger partial charge in [-0.25, -0.2) is 8.42 Å². The minimum atomic E-state index is -4.25. The zero-order valence-corrected chi connectivity index (χ0v) is 29.8. The van der Waals surface area contributed by atoms with Gasteiger partial charge in [0.15, 0.2) is 0 Å². The van der Waals surface area contributed by atoms with E-state index >= 15 is 0 Å². The summed E-state index contributed by atoms with van der Waals surface area (Å²) in [6.07, 6.45) is 0.255. The summed E-state index contributed by atoms with van der Waals surface area (Å²) in [7, 11) is -2.75. The quantitative estimate of drug-likeness (QED) is 0.157. The maximum atomic E-state index is 14.6. The fourth-order valence-corrected chi connectivity index (χ4v) is 7.26. The first-order valence-corrected chi connectivity index (χ1v) is 17.7. The van der Waals surface area contributed by atoms with Crippen molar-refractivity contribution >= 4 is 43.5 Å². The number of amides is 2. The molecule has 0 saturated heterocycles. The number of hydrogen-bond donors (Lipinski definition) is 1. The second kappa shape index (κ2) is 16.1. The molecule has 0 radical (unpaired) electrons. The third-order valence-electron chi connectivity index (χ3n) is 7.87. The minimum Gasteiger partial charge on any atom is -0.496 e. The van der Waals surface area contributed by atoms with Crippen molar-refractivity contribution < 1.29 is 22.7 Å². The first-order chi connectivity index (χ1) is 22.4. The highest BCUT2D eigenvalue weighted by Crippen LogP contribution is 2.31. The van der Waals surface area contributed by atoms with E-state index in [-0.39, 0.29) is 29.7 Å². The van der Waals surface area contributed by atoms with Crippen molar-refractivity contribution in [3.8, 4) is 5.75 Å². The van der Waals surface area contributed by atoms with Crippen LogP contribution in [0.2, 0.25) is 0 Å². The molecule has 0 saturated carbocycles. The van der Waals surface area contributed by atoms with Crippen LogP contribution in [0.1, 0.15) is 36.1 Å². The topological polar surface area (TPSA) is 96.0 Å². The third-order valence-corrected chi connectivity index (χ3v) is 10.3. The number of benzene rings is 4. The summed E-state index contributed by atoms with van der Waals surface area (Å²) in [4.78, 5) is 30.1. The molecule has 0 fully saturated rings. The van der Waals surface area contributed by atoms with Crippen LogP contribution >= 0.6 is 15.9 Å². The number of sulfonamides is 1. The van der Waals surface area contributed by atoms with Crippen molar-refractivity contribution in [1.82, 2.24) is 10.2 Å². The fraction of sp³-hybridized carbons (Fsp3) is 0.297. The number of ether oxygens (including phenoxy) is 1. The number of methoxy groups -OCH3 is 1. The predicted molar refractivity (Wildman–Crippen MR) is 190 cm³/mol. The SMILES string of the molecule is COc1ccc(S(=O)(=O)N(CC(=O)N(Cc2ccccc2C)C(Cc2ccccc2)C(=O)NCC(C)C)c2ccc(C)cc2)cc1Br. The molecule has 1 unspecified atom stereocenters. The highest BCUT2D eigenvalue weighted by molar-refractivity contribution is 9.10. The van der Waals surface area contributed by atoms with Crippen LogP contribution in [-0.2, 0) is 32.6 Å². The molecular weight excluding hydrogens is 678 g/mol. The first-order valence-electron chi connectivity index (χ1n) is 15.5. The molecule has 8 nitrogen and oxygen atoms in total. The lowest BCUT2D eigenvalue weighted by atomic mass is 10.0. The molecule has 248 valence electrons.